The summed E-state index contributed by atoms with van der Waals surface area (Å²) < 4.78 is 33.3. The number of benzene rings is 2. The number of amides is 2. The number of nitrogens with one attached hydrogen (secondary N) is 1. The molecule has 0 atom stereocenters. The highest BCUT2D eigenvalue weighted by Crippen LogP contribution is 2.31. The number of aromatic nitrogens is 1. The van der Waals surface area contributed by atoms with Crippen LogP contribution in [0.5, 0.6) is 5.19 Å². The Kier molecular flexibility index (Phi) is 5.38. The van der Waals surface area contributed by atoms with E-state index in [9.17, 15) is 13.6 Å². The second-order valence-electron chi connectivity index (χ2n) is 6.66. The van der Waals surface area contributed by atoms with Gasteiger partial charge in [0.05, 0.1) is 4.70 Å². The third kappa shape index (κ3) is 4.22. The van der Waals surface area contributed by atoms with Gasteiger partial charge >= 0.3 is 6.03 Å². The second kappa shape index (κ2) is 8.10. The van der Waals surface area contributed by atoms with Gasteiger partial charge in [-0.1, -0.05) is 29.5 Å². The Morgan fingerprint density at radius 1 is 1.18 bits per heavy atom. The van der Waals surface area contributed by atoms with E-state index in [1.54, 1.807) is 23.1 Å². The van der Waals surface area contributed by atoms with Gasteiger partial charge < -0.3 is 15.0 Å². The van der Waals surface area contributed by atoms with E-state index in [0.717, 1.165) is 10.3 Å². The Morgan fingerprint density at radius 2 is 1.93 bits per heavy atom. The number of nitrogens with zero attached hydrogens (tertiary/aromatic N) is 2. The van der Waals surface area contributed by atoms with Gasteiger partial charge in [0.15, 0.2) is 0 Å². The Balaban J connectivity index is 1.27. The summed E-state index contributed by atoms with van der Waals surface area (Å²) in [4.78, 5) is 18.3. The molecule has 3 aromatic rings. The molecule has 0 saturated carbocycles. The minimum atomic E-state index is -0.351. The minimum Gasteiger partial charge on any atom is -0.467 e. The minimum absolute atomic E-state index is 0.0511. The molecule has 5 nitrogen and oxygen atoms in total. The normalized spacial score (nSPS) is 15.0. The van der Waals surface area contributed by atoms with Crippen molar-refractivity contribution in [3.8, 4) is 5.19 Å². The molecule has 28 heavy (non-hydrogen) atoms. The molecule has 1 saturated heterocycles. The number of carbonyl (C=O) groups excluding carboxylic acids is 1. The number of likely N-dealkylation sites (tertiary alicyclic amines) is 1. The van der Waals surface area contributed by atoms with Crippen LogP contribution in [0.1, 0.15) is 18.4 Å². The van der Waals surface area contributed by atoms with Crippen molar-refractivity contribution in [1.82, 2.24) is 15.2 Å². The van der Waals surface area contributed by atoms with Gasteiger partial charge in [-0.25, -0.2) is 13.6 Å². The molecule has 1 fully saturated rings. The van der Waals surface area contributed by atoms with Crippen molar-refractivity contribution in [2.75, 3.05) is 13.1 Å². The van der Waals surface area contributed by atoms with Crippen molar-refractivity contribution in [2.24, 2.45) is 0 Å². The number of ether oxygens (including phenoxy) is 1. The maximum atomic E-state index is 13.8. The number of fused-ring (bicyclic) bond motifs is 1. The first-order valence-corrected chi connectivity index (χ1v) is 9.89. The van der Waals surface area contributed by atoms with E-state index >= 15 is 0 Å². The van der Waals surface area contributed by atoms with Gasteiger partial charge in [-0.05, 0) is 29.8 Å². The van der Waals surface area contributed by atoms with Crippen LogP contribution in [0.25, 0.3) is 10.2 Å². The molecule has 2 amide bonds. The number of hydrogen-bond acceptors (Lipinski definition) is 4. The number of piperidine rings is 1. The number of urea groups is 1. The van der Waals surface area contributed by atoms with Crippen molar-refractivity contribution in [1.29, 1.82) is 0 Å². The lowest BCUT2D eigenvalue weighted by Crippen LogP contribution is -2.46. The Hall–Kier alpha value is -2.74. The molecule has 0 radical (unpaired) electrons. The smallest absolute Gasteiger partial charge is 0.317 e. The van der Waals surface area contributed by atoms with Crippen molar-refractivity contribution in [3.05, 3.63) is 59.7 Å². The van der Waals surface area contributed by atoms with E-state index in [1.807, 2.05) is 6.07 Å². The summed E-state index contributed by atoms with van der Waals surface area (Å²) in [7, 11) is 0. The highest BCUT2D eigenvalue weighted by atomic mass is 32.1. The topological polar surface area (TPSA) is 54.5 Å². The van der Waals surface area contributed by atoms with Crippen molar-refractivity contribution in [2.45, 2.75) is 25.5 Å². The monoisotopic (exact) mass is 403 g/mol. The fourth-order valence-electron chi connectivity index (χ4n) is 3.16. The summed E-state index contributed by atoms with van der Waals surface area (Å²) in [6, 6.07) is 10.8. The third-order valence-electron chi connectivity index (χ3n) is 4.70. The molecule has 1 aliphatic rings. The number of thiazole rings is 1. The van der Waals surface area contributed by atoms with Crippen molar-refractivity contribution >= 4 is 27.6 Å². The van der Waals surface area contributed by atoms with E-state index in [4.69, 9.17) is 4.74 Å². The first kappa shape index (κ1) is 18.6. The van der Waals surface area contributed by atoms with E-state index in [1.165, 1.54) is 29.5 Å². The zero-order valence-corrected chi connectivity index (χ0v) is 15.8. The van der Waals surface area contributed by atoms with Gasteiger partial charge in [0.25, 0.3) is 5.19 Å². The standard InChI is InChI=1S/C20H19F2N3O2S/c21-14-6-4-13(5-7-14)12-23-19(26)25-10-8-15(9-11-25)27-20-24-18-16(22)2-1-3-17(18)28-20/h1-7,15H,8-12H2,(H,23,26). The zero-order valence-electron chi connectivity index (χ0n) is 15.0. The van der Waals surface area contributed by atoms with Crippen LogP contribution < -0.4 is 10.1 Å². The summed E-state index contributed by atoms with van der Waals surface area (Å²) in [5, 5.41) is 3.31. The first-order valence-electron chi connectivity index (χ1n) is 9.07. The number of rotatable bonds is 4. The fourth-order valence-corrected chi connectivity index (χ4v) is 4.05. The molecule has 0 spiro atoms. The van der Waals surface area contributed by atoms with Crippen LogP contribution in [0.3, 0.4) is 0 Å². The average Bonchev–Trinajstić information content (AvgIpc) is 3.12. The number of para-hydroxylation sites is 1. The SMILES string of the molecule is O=C(NCc1ccc(F)cc1)N1CCC(Oc2nc3c(F)cccc3s2)CC1. The van der Waals surface area contributed by atoms with Crippen molar-refractivity contribution in [3.63, 3.8) is 0 Å². The van der Waals surface area contributed by atoms with Crippen LogP contribution >= 0.6 is 11.3 Å². The lowest BCUT2D eigenvalue weighted by atomic mass is 10.1. The van der Waals surface area contributed by atoms with Gasteiger partial charge in [-0.15, -0.1) is 0 Å². The van der Waals surface area contributed by atoms with Gasteiger partial charge in [-0.3, -0.25) is 0 Å². The number of hydrogen-bond donors (Lipinski definition) is 1. The van der Waals surface area contributed by atoms with Crippen molar-refractivity contribution < 1.29 is 18.3 Å². The molecule has 146 valence electrons. The zero-order chi connectivity index (χ0) is 19.5. The quantitative estimate of drug-likeness (QED) is 0.706. The average molecular weight is 403 g/mol. The maximum absolute atomic E-state index is 13.8. The largest absolute Gasteiger partial charge is 0.467 e. The molecule has 4 rings (SSSR count). The van der Waals surface area contributed by atoms with Gasteiger partial charge in [0.2, 0.25) is 0 Å². The van der Waals surface area contributed by atoms with E-state index in [2.05, 4.69) is 10.3 Å². The molecule has 8 heteroatoms. The van der Waals surface area contributed by atoms with Gasteiger partial charge in [0.1, 0.15) is 23.3 Å². The lowest BCUT2D eigenvalue weighted by molar-refractivity contribution is 0.111. The summed E-state index contributed by atoms with van der Waals surface area (Å²) in [5.74, 6) is -0.649. The summed E-state index contributed by atoms with van der Waals surface area (Å²) in [6.45, 7) is 1.49. The predicted molar refractivity (Wildman–Crippen MR) is 103 cm³/mol. The molecule has 0 bridgehead atoms. The van der Waals surface area contributed by atoms with Crippen LogP contribution in [0.2, 0.25) is 0 Å². The van der Waals surface area contributed by atoms with Crippen LogP contribution in [-0.2, 0) is 6.54 Å². The number of carbonyl (C=O) groups is 1. The Labute approximate surface area is 164 Å². The van der Waals surface area contributed by atoms with Crippen LogP contribution in [-0.4, -0.2) is 35.1 Å². The third-order valence-corrected chi connectivity index (χ3v) is 5.62. The van der Waals surface area contributed by atoms with Crippen LogP contribution in [0, 0.1) is 11.6 Å². The lowest BCUT2D eigenvalue weighted by Gasteiger charge is -2.31. The molecule has 2 heterocycles. The summed E-state index contributed by atoms with van der Waals surface area (Å²) in [6.07, 6.45) is 1.31. The van der Waals surface area contributed by atoms with Gasteiger partial charge in [0, 0.05) is 32.5 Å². The molecule has 1 aliphatic heterocycles. The van der Waals surface area contributed by atoms with E-state index in [0.29, 0.717) is 43.2 Å². The highest BCUT2D eigenvalue weighted by Gasteiger charge is 2.24. The predicted octanol–water partition coefficient (Wildman–Crippen LogP) is 4.33. The molecular weight excluding hydrogens is 384 g/mol. The van der Waals surface area contributed by atoms with E-state index < -0.39 is 0 Å². The summed E-state index contributed by atoms with van der Waals surface area (Å²) in [5.41, 5.74) is 1.18. The fraction of sp³-hybridized carbons (Fsp3) is 0.300. The Morgan fingerprint density at radius 3 is 2.64 bits per heavy atom. The second-order valence-corrected chi connectivity index (χ2v) is 7.65. The summed E-state index contributed by atoms with van der Waals surface area (Å²) >= 11 is 1.33. The molecule has 1 aromatic heterocycles. The Bertz CT molecular complexity index is 969. The molecule has 2 aromatic carbocycles. The molecular formula is C20H19F2N3O2S. The molecule has 0 aliphatic carbocycles. The van der Waals surface area contributed by atoms with Crippen LogP contribution in [0.4, 0.5) is 13.6 Å². The van der Waals surface area contributed by atoms with Crippen LogP contribution in [0.15, 0.2) is 42.5 Å². The van der Waals surface area contributed by atoms with E-state index in [-0.39, 0.29) is 23.8 Å². The molecule has 0 unspecified atom stereocenters. The number of halogens is 2. The maximum Gasteiger partial charge on any atom is 0.317 e. The first-order chi connectivity index (χ1) is 13.6. The van der Waals surface area contributed by atoms with Gasteiger partial charge in [-0.2, -0.15) is 4.98 Å². The highest BCUT2D eigenvalue weighted by molar-refractivity contribution is 7.20. The molecule has 1 N–H and O–H groups in total.